The Morgan fingerprint density at radius 2 is 2.28 bits per heavy atom. The van der Waals surface area contributed by atoms with Gasteiger partial charge in [-0.1, -0.05) is 0 Å². The molecule has 2 N–H and O–H groups in total. The third kappa shape index (κ3) is 3.14. The van der Waals surface area contributed by atoms with E-state index >= 15 is 0 Å². The number of urea groups is 1. The molecule has 2 heterocycles. The normalized spacial score (nSPS) is 32.6. The van der Waals surface area contributed by atoms with E-state index in [1.807, 2.05) is 11.8 Å². The summed E-state index contributed by atoms with van der Waals surface area (Å²) in [7, 11) is 0. The van der Waals surface area contributed by atoms with Crippen LogP contribution in [0.15, 0.2) is 0 Å². The molecule has 5 heteroatoms. The van der Waals surface area contributed by atoms with E-state index in [4.69, 9.17) is 9.84 Å². The first-order valence-corrected chi connectivity index (χ1v) is 7.02. The van der Waals surface area contributed by atoms with Crippen LogP contribution in [-0.2, 0) is 4.74 Å². The Bertz CT molecular complexity index is 283. The summed E-state index contributed by atoms with van der Waals surface area (Å²) in [6.07, 6.45) is 4.90. The van der Waals surface area contributed by atoms with Crippen molar-refractivity contribution in [2.75, 3.05) is 19.8 Å². The van der Waals surface area contributed by atoms with E-state index in [1.54, 1.807) is 0 Å². The van der Waals surface area contributed by atoms with Crippen LogP contribution in [0.2, 0.25) is 0 Å². The number of amides is 2. The van der Waals surface area contributed by atoms with Crippen molar-refractivity contribution in [2.45, 2.75) is 57.2 Å². The Labute approximate surface area is 108 Å². The van der Waals surface area contributed by atoms with E-state index < -0.39 is 0 Å². The Balaban J connectivity index is 1.89. The topological polar surface area (TPSA) is 61.8 Å². The molecule has 2 rings (SSSR count). The highest BCUT2D eigenvalue weighted by molar-refractivity contribution is 5.75. The fourth-order valence-electron chi connectivity index (χ4n) is 2.88. The van der Waals surface area contributed by atoms with Gasteiger partial charge in [0.25, 0.3) is 0 Å². The molecule has 2 fully saturated rings. The number of likely N-dealkylation sites (tertiary alicyclic amines) is 1. The summed E-state index contributed by atoms with van der Waals surface area (Å²) in [5.41, 5.74) is 0. The van der Waals surface area contributed by atoms with E-state index in [2.05, 4.69) is 5.32 Å². The van der Waals surface area contributed by atoms with Crippen LogP contribution >= 0.6 is 0 Å². The molecule has 2 aliphatic rings. The number of piperidine rings is 1. The van der Waals surface area contributed by atoms with Gasteiger partial charge in [0.15, 0.2) is 0 Å². The third-order valence-corrected chi connectivity index (χ3v) is 4.04. The van der Waals surface area contributed by atoms with Crippen molar-refractivity contribution < 1.29 is 14.6 Å². The van der Waals surface area contributed by atoms with Crippen LogP contribution in [-0.4, -0.2) is 54.0 Å². The van der Waals surface area contributed by atoms with Gasteiger partial charge in [-0.2, -0.15) is 0 Å². The number of aliphatic hydroxyl groups excluding tert-OH is 1. The molecule has 0 aromatic carbocycles. The van der Waals surface area contributed by atoms with Gasteiger partial charge in [0.1, 0.15) is 0 Å². The number of ether oxygens (including phenoxy) is 1. The molecule has 0 aliphatic carbocycles. The number of rotatable bonds is 3. The van der Waals surface area contributed by atoms with E-state index in [1.165, 1.54) is 0 Å². The zero-order valence-corrected chi connectivity index (χ0v) is 11.1. The summed E-state index contributed by atoms with van der Waals surface area (Å²) in [5.74, 6) is 0. The van der Waals surface area contributed by atoms with Crippen LogP contribution < -0.4 is 5.32 Å². The van der Waals surface area contributed by atoms with Gasteiger partial charge in [-0.15, -0.1) is 0 Å². The van der Waals surface area contributed by atoms with Gasteiger partial charge in [-0.3, -0.25) is 0 Å². The maximum absolute atomic E-state index is 12.3. The Morgan fingerprint density at radius 1 is 1.44 bits per heavy atom. The summed E-state index contributed by atoms with van der Waals surface area (Å²) in [5, 5.41) is 12.1. The smallest absolute Gasteiger partial charge is 0.317 e. The van der Waals surface area contributed by atoms with Gasteiger partial charge >= 0.3 is 6.03 Å². The number of hydrogen-bond acceptors (Lipinski definition) is 3. The molecular weight excluding hydrogens is 232 g/mol. The summed E-state index contributed by atoms with van der Waals surface area (Å²) >= 11 is 0. The van der Waals surface area contributed by atoms with Crippen LogP contribution in [0.5, 0.6) is 0 Å². The number of aliphatic hydroxyl groups is 1. The van der Waals surface area contributed by atoms with Crippen LogP contribution in [0.1, 0.15) is 39.0 Å². The minimum atomic E-state index is 0.00972. The predicted octanol–water partition coefficient (Wildman–Crippen LogP) is 1.11. The van der Waals surface area contributed by atoms with Gasteiger partial charge < -0.3 is 20.1 Å². The number of carbonyl (C=O) groups excluding carboxylic acids is 1. The zero-order chi connectivity index (χ0) is 13.0. The van der Waals surface area contributed by atoms with Crippen LogP contribution in [0.3, 0.4) is 0 Å². The van der Waals surface area contributed by atoms with E-state index in [-0.39, 0.29) is 30.8 Å². The minimum absolute atomic E-state index is 0.00972. The lowest BCUT2D eigenvalue weighted by Gasteiger charge is -2.36. The van der Waals surface area contributed by atoms with Crippen LogP contribution in [0, 0.1) is 0 Å². The summed E-state index contributed by atoms with van der Waals surface area (Å²) in [6.45, 7) is 3.68. The van der Waals surface area contributed by atoms with Crippen molar-refractivity contribution in [1.82, 2.24) is 10.2 Å². The molecule has 2 aliphatic heterocycles. The number of nitrogens with zero attached hydrogens (tertiary/aromatic N) is 1. The number of nitrogens with one attached hydrogen (secondary N) is 1. The second-order valence-corrected chi connectivity index (χ2v) is 5.28. The van der Waals surface area contributed by atoms with E-state index in [0.29, 0.717) is 6.42 Å². The lowest BCUT2D eigenvalue weighted by atomic mass is 10.00. The molecule has 2 amide bonds. The molecule has 0 radical (unpaired) electrons. The van der Waals surface area contributed by atoms with E-state index in [0.717, 1.165) is 38.8 Å². The second-order valence-electron chi connectivity index (χ2n) is 5.28. The van der Waals surface area contributed by atoms with Crippen molar-refractivity contribution >= 4 is 6.03 Å². The SMILES string of the molecule is C[C@@H]1OCC[C@H]1NC(=O)N1CCCC[C@@H]1CCO. The molecule has 18 heavy (non-hydrogen) atoms. The maximum Gasteiger partial charge on any atom is 0.317 e. The summed E-state index contributed by atoms with van der Waals surface area (Å²) in [6, 6.07) is 0.339. The third-order valence-electron chi connectivity index (χ3n) is 4.04. The second kappa shape index (κ2) is 6.38. The molecule has 104 valence electrons. The van der Waals surface area contributed by atoms with Gasteiger partial charge in [0, 0.05) is 25.8 Å². The molecular formula is C13H24N2O3. The highest BCUT2D eigenvalue weighted by atomic mass is 16.5. The predicted molar refractivity (Wildman–Crippen MR) is 68.4 cm³/mol. The first kappa shape index (κ1) is 13.6. The largest absolute Gasteiger partial charge is 0.396 e. The van der Waals surface area contributed by atoms with Gasteiger partial charge in [-0.25, -0.2) is 4.79 Å². The van der Waals surface area contributed by atoms with Gasteiger partial charge in [0.05, 0.1) is 12.1 Å². The molecule has 0 spiro atoms. The van der Waals surface area contributed by atoms with Gasteiger partial charge in [-0.05, 0) is 39.0 Å². The quantitative estimate of drug-likeness (QED) is 0.795. The first-order valence-electron chi connectivity index (χ1n) is 7.02. The van der Waals surface area contributed by atoms with Crippen molar-refractivity contribution in [3.8, 4) is 0 Å². The summed E-state index contributed by atoms with van der Waals surface area (Å²) < 4.78 is 5.45. The van der Waals surface area contributed by atoms with Crippen molar-refractivity contribution in [2.24, 2.45) is 0 Å². The van der Waals surface area contributed by atoms with E-state index in [9.17, 15) is 4.79 Å². The molecule has 0 aromatic heterocycles. The van der Waals surface area contributed by atoms with Crippen molar-refractivity contribution in [1.29, 1.82) is 0 Å². The zero-order valence-electron chi connectivity index (χ0n) is 11.1. The average Bonchev–Trinajstić information content (AvgIpc) is 2.76. The fraction of sp³-hybridized carbons (Fsp3) is 0.923. The van der Waals surface area contributed by atoms with Crippen molar-refractivity contribution in [3.05, 3.63) is 0 Å². The Morgan fingerprint density at radius 3 is 2.94 bits per heavy atom. The van der Waals surface area contributed by atoms with Gasteiger partial charge in [0.2, 0.25) is 0 Å². The monoisotopic (exact) mass is 256 g/mol. The molecule has 0 saturated carbocycles. The standard InChI is InChI=1S/C13H24N2O3/c1-10-12(6-9-18-10)14-13(17)15-7-3-2-4-11(15)5-8-16/h10-12,16H,2-9H2,1H3,(H,14,17)/t10-,11+,12+/m0/s1. The minimum Gasteiger partial charge on any atom is -0.396 e. The maximum atomic E-state index is 12.3. The average molecular weight is 256 g/mol. The van der Waals surface area contributed by atoms with Crippen molar-refractivity contribution in [3.63, 3.8) is 0 Å². The fourth-order valence-corrected chi connectivity index (χ4v) is 2.88. The van der Waals surface area contributed by atoms with Crippen LogP contribution in [0.25, 0.3) is 0 Å². The van der Waals surface area contributed by atoms with Crippen LogP contribution in [0.4, 0.5) is 4.79 Å². The molecule has 0 aromatic rings. The lowest BCUT2D eigenvalue weighted by Crippen LogP contribution is -2.52. The molecule has 2 saturated heterocycles. The highest BCUT2D eigenvalue weighted by Gasteiger charge is 2.31. The lowest BCUT2D eigenvalue weighted by molar-refractivity contribution is 0.104. The summed E-state index contributed by atoms with van der Waals surface area (Å²) in [4.78, 5) is 14.2. The molecule has 0 bridgehead atoms. The molecule has 3 atom stereocenters. The first-order chi connectivity index (χ1) is 8.72. The number of hydrogen-bond donors (Lipinski definition) is 2. The Hall–Kier alpha value is -0.810. The molecule has 5 nitrogen and oxygen atoms in total. The molecule has 0 unspecified atom stereocenters. The Kier molecular flexibility index (Phi) is 4.83. The number of carbonyl (C=O) groups is 1. The highest BCUT2D eigenvalue weighted by Crippen LogP contribution is 2.20.